The van der Waals surface area contributed by atoms with Crippen molar-refractivity contribution in [1.82, 2.24) is 4.90 Å². The molecule has 0 spiro atoms. The summed E-state index contributed by atoms with van der Waals surface area (Å²) in [6, 6.07) is 0.213. The highest BCUT2D eigenvalue weighted by Crippen LogP contribution is 2.19. The van der Waals surface area contributed by atoms with Crippen LogP contribution in [-0.2, 0) is 14.3 Å². The number of ketones is 1. The molecule has 0 aromatic heterocycles. The first-order valence-corrected chi connectivity index (χ1v) is 6.92. The summed E-state index contributed by atoms with van der Waals surface area (Å²) in [5.74, 6) is 0.0181. The van der Waals surface area contributed by atoms with Gasteiger partial charge >= 0.3 is 5.97 Å². The monoisotopic (exact) mass is 255 g/mol. The van der Waals surface area contributed by atoms with Gasteiger partial charge in [0.15, 0.2) is 0 Å². The molecular weight excluding hydrogens is 230 g/mol. The molecule has 1 rings (SSSR count). The Labute approximate surface area is 110 Å². The van der Waals surface area contributed by atoms with Crippen molar-refractivity contribution in [2.75, 3.05) is 13.1 Å². The molecule has 1 saturated heterocycles. The minimum atomic E-state index is -0.180. The summed E-state index contributed by atoms with van der Waals surface area (Å²) in [6.07, 6.45) is 4.92. The lowest BCUT2D eigenvalue weighted by atomic mass is 10.0. The summed E-state index contributed by atoms with van der Waals surface area (Å²) in [4.78, 5) is 25.1. The van der Waals surface area contributed by atoms with E-state index in [1.807, 2.05) is 13.8 Å². The summed E-state index contributed by atoms with van der Waals surface area (Å²) >= 11 is 0. The number of carbonyl (C=O) groups excluding carboxylic acids is 2. The molecule has 0 aliphatic carbocycles. The fourth-order valence-corrected chi connectivity index (χ4v) is 2.47. The third-order valence-electron chi connectivity index (χ3n) is 3.22. The molecule has 1 heterocycles. The fourth-order valence-electron chi connectivity index (χ4n) is 2.47. The van der Waals surface area contributed by atoms with Gasteiger partial charge < -0.3 is 4.74 Å². The molecule has 0 saturated carbocycles. The van der Waals surface area contributed by atoms with Crippen molar-refractivity contribution < 1.29 is 14.3 Å². The Morgan fingerprint density at radius 1 is 1.28 bits per heavy atom. The number of nitrogens with zero attached hydrogens (tertiary/aromatic N) is 1. The molecule has 0 N–H and O–H groups in total. The van der Waals surface area contributed by atoms with Gasteiger partial charge in [-0.15, -0.1) is 0 Å². The predicted molar refractivity (Wildman–Crippen MR) is 70.4 cm³/mol. The minimum Gasteiger partial charge on any atom is -0.462 e. The molecule has 104 valence electrons. The van der Waals surface area contributed by atoms with Gasteiger partial charge in [-0.1, -0.05) is 12.8 Å². The standard InChI is InChI=1S/C14H25NO3/c1-11(2)18-14(17)10-15-8-6-4-5-7-13(15)9-12(3)16/h11,13H,4-10H2,1-3H3. The molecule has 0 amide bonds. The number of rotatable bonds is 5. The summed E-state index contributed by atoms with van der Waals surface area (Å²) in [6.45, 7) is 6.54. The highest BCUT2D eigenvalue weighted by molar-refractivity contribution is 5.76. The number of Topliss-reactive ketones (excluding diaryl/α,β-unsaturated/α-hetero) is 1. The number of carbonyl (C=O) groups is 2. The predicted octanol–water partition coefficient (Wildman–Crippen LogP) is 2.16. The van der Waals surface area contributed by atoms with Crippen LogP contribution in [0.1, 0.15) is 52.9 Å². The Morgan fingerprint density at radius 2 is 2.00 bits per heavy atom. The van der Waals surface area contributed by atoms with Crippen molar-refractivity contribution in [2.24, 2.45) is 0 Å². The topological polar surface area (TPSA) is 46.6 Å². The lowest BCUT2D eigenvalue weighted by Crippen LogP contribution is -2.40. The van der Waals surface area contributed by atoms with Crippen LogP contribution in [0.4, 0.5) is 0 Å². The van der Waals surface area contributed by atoms with Gasteiger partial charge in [0.25, 0.3) is 0 Å². The molecule has 0 aromatic carbocycles. The van der Waals surface area contributed by atoms with Crippen LogP contribution in [-0.4, -0.2) is 41.9 Å². The van der Waals surface area contributed by atoms with Crippen molar-refractivity contribution in [3.8, 4) is 0 Å². The summed E-state index contributed by atoms with van der Waals surface area (Å²) in [5, 5.41) is 0. The first kappa shape index (κ1) is 15.2. The van der Waals surface area contributed by atoms with E-state index in [-0.39, 0.29) is 23.9 Å². The first-order chi connectivity index (χ1) is 8.49. The van der Waals surface area contributed by atoms with E-state index in [9.17, 15) is 9.59 Å². The first-order valence-electron chi connectivity index (χ1n) is 6.92. The van der Waals surface area contributed by atoms with Gasteiger partial charge in [0.05, 0.1) is 12.6 Å². The Kier molecular flexibility index (Phi) is 6.33. The second kappa shape index (κ2) is 7.52. The maximum absolute atomic E-state index is 11.7. The molecule has 1 aliphatic rings. The van der Waals surface area contributed by atoms with Crippen molar-refractivity contribution in [1.29, 1.82) is 0 Å². The van der Waals surface area contributed by atoms with Crippen LogP contribution >= 0.6 is 0 Å². The van der Waals surface area contributed by atoms with E-state index in [1.54, 1.807) is 6.92 Å². The van der Waals surface area contributed by atoms with Gasteiger partial charge in [0.1, 0.15) is 5.78 Å². The average molecular weight is 255 g/mol. The second-order valence-electron chi connectivity index (χ2n) is 5.42. The highest BCUT2D eigenvalue weighted by Gasteiger charge is 2.24. The van der Waals surface area contributed by atoms with Gasteiger partial charge in [0.2, 0.25) is 0 Å². The zero-order valence-corrected chi connectivity index (χ0v) is 11.8. The van der Waals surface area contributed by atoms with Gasteiger partial charge in [-0.2, -0.15) is 0 Å². The Hall–Kier alpha value is -0.900. The Balaban J connectivity index is 2.55. The van der Waals surface area contributed by atoms with Crippen LogP contribution in [0, 0.1) is 0 Å². The normalized spacial score (nSPS) is 21.7. The number of ether oxygens (including phenoxy) is 1. The SMILES string of the molecule is CC(=O)CC1CCCCCN1CC(=O)OC(C)C. The second-order valence-corrected chi connectivity index (χ2v) is 5.42. The Morgan fingerprint density at radius 3 is 2.61 bits per heavy atom. The molecule has 18 heavy (non-hydrogen) atoms. The molecule has 4 heteroatoms. The van der Waals surface area contributed by atoms with E-state index in [0.717, 1.165) is 25.8 Å². The average Bonchev–Trinajstić information content (AvgIpc) is 2.42. The number of esters is 1. The van der Waals surface area contributed by atoms with Gasteiger partial charge in [-0.05, 0) is 40.2 Å². The lowest BCUT2D eigenvalue weighted by Gasteiger charge is -2.28. The van der Waals surface area contributed by atoms with Crippen LogP contribution in [0.5, 0.6) is 0 Å². The maximum Gasteiger partial charge on any atom is 0.320 e. The number of likely N-dealkylation sites (tertiary alicyclic amines) is 1. The van der Waals surface area contributed by atoms with Crippen LogP contribution < -0.4 is 0 Å². The fraction of sp³-hybridized carbons (Fsp3) is 0.857. The number of hydrogen-bond donors (Lipinski definition) is 0. The van der Waals surface area contributed by atoms with Gasteiger partial charge in [-0.3, -0.25) is 14.5 Å². The molecule has 1 fully saturated rings. The molecular formula is C14H25NO3. The van der Waals surface area contributed by atoms with E-state index < -0.39 is 0 Å². The molecule has 0 bridgehead atoms. The smallest absolute Gasteiger partial charge is 0.320 e. The zero-order valence-electron chi connectivity index (χ0n) is 11.8. The summed E-state index contributed by atoms with van der Waals surface area (Å²) < 4.78 is 5.18. The summed E-state index contributed by atoms with van der Waals surface area (Å²) in [5.41, 5.74) is 0. The van der Waals surface area contributed by atoms with Gasteiger partial charge in [0, 0.05) is 12.5 Å². The van der Waals surface area contributed by atoms with Crippen molar-refractivity contribution in [3.63, 3.8) is 0 Å². The van der Waals surface area contributed by atoms with Crippen LogP contribution in [0.25, 0.3) is 0 Å². The van der Waals surface area contributed by atoms with Crippen LogP contribution in [0.3, 0.4) is 0 Å². The van der Waals surface area contributed by atoms with E-state index in [1.165, 1.54) is 6.42 Å². The van der Waals surface area contributed by atoms with E-state index in [0.29, 0.717) is 13.0 Å². The molecule has 0 aromatic rings. The van der Waals surface area contributed by atoms with Crippen molar-refractivity contribution in [3.05, 3.63) is 0 Å². The van der Waals surface area contributed by atoms with Crippen molar-refractivity contribution >= 4 is 11.8 Å². The third-order valence-corrected chi connectivity index (χ3v) is 3.22. The lowest BCUT2D eigenvalue weighted by molar-refractivity contribution is -0.149. The maximum atomic E-state index is 11.7. The number of hydrogen-bond acceptors (Lipinski definition) is 4. The summed E-state index contributed by atoms with van der Waals surface area (Å²) in [7, 11) is 0. The molecule has 1 unspecified atom stereocenters. The molecule has 0 radical (unpaired) electrons. The molecule has 4 nitrogen and oxygen atoms in total. The quantitative estimate of drug-likeness (QED) is 0.706. The van der Waals surface area contributed by atoms with E-state index in [4.69, 9.17) is 4.74 Å². The molecule has 1 atom stereocenters. The Bertz CT molecular complexity index is 289. The van der Waals surface area contributed by atoms with E-state index >= 15 is 0 Å². The van der Waals surface area contributed by atoms with Crippen LogP contribution in [0.15, 0.2) is 0 Å². The largest absolute Gasteiger partial charge is 0.462 e. The van der Waals surface area contributed by atoms with Gasteiger partial charge in [-0.25, -0.2) is 0 Å². The molecule has 1 aliphatic heterocycles. The van der Waals surface area contributed by atoms with Crippen molar-refractivity contribution in [2.45, 2.75) is 65.0 Å². The third kappa shape index (κ3) is 5.63. The van der Waals surface area contributed by atoms with E-state index in [2.05, 4.69) is 4.90 Å². The minimum absolute atomic E-state index is 0.0734. The zero-order chi connectivity index (χ0) is 13.5. The highest BCUT2D eigenvalue weighted by atomic mass is 16.5. The van der Waals surface area contributed by atoms with Crippen LogP contribution in [0.2, 0.25) is 0 Å².